The second-order valence-electron chi connectivity index (χ2n) is 6.80. The molecule has 0 aliphatic carbocycles. The lowest BCUT2D eigenvalue weighted by molar-refractivity contribution is -0.152. The number of piperidine rings is 1. The summed E-state index contributed by atoms with van der Waals surface area (Å²) in [6, 6.07) is 4.08. The Labute approximate surface area is 151 Å². The molecule has 1 saturated heterocycles. The second kappa shape index (κ2) is 6.55. The Bertz CT molecular complexity index is 823. The van der Waals surface area contributed by atoms with E-state index in [2.05, 4.69) is 5.32 Å². The highest BCUT2D eigenvalue weighted by Gasteiger charge is 2.51. The first-order valence-corrected chi connectivity index (χ1v) is 8.51. The van der Waals surface area contributed by atoms with Gasteiger partial charge in [-0.3, -0.25) is 9.59 Å². The van der Waals surface area contributed by atoms with E-state index in [0.29, 0.717) is 42.8 Å². The van der Waals surface area contributed by atoms with E-state index >= 15 is 0 Å². The van der Waals surface area contributed by atoms with Crippen LogP contribution in [0.1, 0.15) is 32.3 Å². The van der Waals surface area contributed by atoms with Gasteiger partial charge in [-0.25, -0.2) is 9.18 Å². The molecule has 0 aromatic heterocycles. The summed E-state index contributed by atoms with van der Waals surface area (Å²) in [6.45, 7) is 5.59. The number of ether oxygens (including phenoxy) is 1. The van der Waals surface area contributed by atoms with E-state index in [1.54, 1.807) is 18.7 Å². The predicted molar refractivity (Wildman–Crippen MR) is 92.8 cm³/mol. The number of hydrogen-bond acceptors (Lipinski definition) is 4. The van der Waals surface area contributed by atoms with Gasteiger partial charge in [0, 0.05) is 44.1 Å². The summed E-state index contributed by atoms with van der Waals surface area (Å²) in [4.78, 5) is 38.3. The van der Waals surface area contributed by atoms with Crippen LogP contribution in [0.4, 0.5) is 10.1 Å². The number of halogens is 1. The number of rotatable bonds is 2. The van der Waals surface area contributed by atoms with Gasteiger partial charge in [-0.05, 0) is 37.6 Å². The van der Waals surface area contributed by atoms with Gasteiger partial charge in [0.25, 0.3) is 5.91 Å². The van der Waals surface area contributed by atoms with Gasteiger partial charge in [0.05, 0.1) is 5.57 Å². The van der Waals surface area contributed by atoms with E-state index in [1.165, 1.54) is 25.1 Å². The van der Waals surface area contributed by atoms with Crippen LogP contribution in [0.2, 0.25) is 0 Å². The quantitative estimate of drug-likeness (QED) is 0.822. The lowest BCUT2D eigenvalue weighted by Gasteiger charge is -2.39. The Hall–Kier alpha value is -2.70. The molecule has 0 radical (unpaired) electrons. The largest absolute Gasteiger partial charge is 0.450 e. The van der Waals surface area contributed by atoms with Gasteiger partial charge in [0.2, 0.25) is 5.91 Å². The van der Waals surface area contributed by atoms with Gasteiger partial charge < -0.3 is 15.0 Å². The van der Waals surface area contributed by atoms with Crippen molar-refractivity contribution in [2.45, 2.75) is 39.2 Å². The molecular weight excluding hydrogens is 339 g/mol. The molecule has 2 aliphatic heterocycles. The van der Waals surface area contributed by atoms with Crippen molar-refractivity contribution < 1.29 is 23.5 Å². The first-order chi connectivity index (χ1) is 12.2. The van der Waals surface area contributed by atoms with Crippen LogP contribution in [0.3, 0.4) is 0 Å². The summed E-state index contributed by atoms with van der Waals surface area (Å²) in [6.07, 6.45) is 0.752. The first kappa shape index (κ1) is 18.1. The molecule has 0 saturated carbocycles. The predicted octanol–water partition coefficient (Wildman–Crippen LogP) is 2.33. The summed E-state index contributed by atoms with van der Waals surface area (Å²) in [5.74, 6) is -1.37. The highest BCUT2D eigenvalue weighted by atomic mass is 19.1. The molecule has 1 fully saturated rings. The van der Waals surface area contributed by atoms with E-state index in [9.17, 15) is 18.8 Å². The fourth-order valence-electron chi connectivity index (χ4n) is 3.61. The van der Waals surface area contributed by atoms with E-state index in [0.717, 1.165) is 0 Å². The molecule has 1 aromatic rings. The Kier molecular flexibility index (Phi) is 4.56. The first-order valence-electron chi connectivity index (χ1n) is 8.51. The molecule has 138 valence electrons. The third kappa shape index (κ3) is 3.09. The Balaban J connectivity index is 1.87. The zero-order valence-corrected chi connectivity index (χ0v) is 15.0. The number of esters is 1. The third-order valence-corrected chi connectivity index (χ3v) is 5.11. The van der Waals surface area contributed by atoms with Crippen LogP contribution in [0.5, 0.6) is 0 Å². The minimum absolute atomic E-state index is 0.0437. The van der Waals surface area contributed by atoms with Gasteiger partial charge in [-0.15, -0.1) is 0 Å². The van der Waals surface area contributed by atoms with Crippen LogP contribution in [0.15, 0.2) is 29.3 Å². The van der Waals surface area contributed by atoms with Crippen molar-refractivity contribution in [2.75, 3.05) is 18.4 Å². The van der Waals surface area contributed by atoms with Crippen molar-refractivity contribution in [3.05, 3.63) is 40.7 Å². The van der Waals surface area contributed by atoms with Crippen molar-refractivity contribution in [2.24, 2.45) is 0 Å². The van der Waals surface area contributed by atoms with E-state index in [-0.39, 0.29) is 17.3 Å². The number of carbonyl (C=O) groups excluding carboxylic acids is 3. The average Bonchev–Trinajstić information content (AvgIpc) is 2.81. The fraction of sp³-hybridized carbons (Fsp3) is 0.421. The summed E-state index contributed by atoms with van der Waals surface area (Å²) in [7, 11) is 0. The normalized spacial score (nSPS) is 18.9. The standard InChI is InChI=1S/C19H21FN2O4/c1-11-10-14(20)4-5-15(11)21-17(24)16-12(2)18(25)26-19(16)6-8-22(9-7-19)13(3)23/h4-5,10H,6-9H2,1-3H3,(H,21,24). The maximum atomic E-state index is 13.3. The number of amides is 2. The lowest BCUT2D eigenvalue weighted by Crippen LogP contribution is -2.49. The molecular formula is C19H21FN2O4. The number of aryl methyl sites for hydroxylation is 1. The minimum atomic E-state index is -1.01. The maximum absolute atomic E-state index is 13.3. The highest BCUT2D eigenvalue weighted by molar-refractivity contribution is 6.12. The van der Waals surface area contributed by atoms with Crippen LogP contribution in [0, 0.1) is 12.7 Å². The molecule has 7 heteroatoms. The number of benzene rings is 1. The number of hydrogen-bond donors (Lipinski definition) is 1. The maximum Gasteiger partial charge on any atom is 0.335 e. The Morgan fingerprint density at radius 3 is 2.46 bits per heavy atom. The zero-order chi connectivity index (χ0) is 19.1. The molecule has 0 unspecified atom stereocenters. The Morgan fingerprint density at radius 1 is 1.23 bits per heavy atom. The van der Waals surface area contributed by atoms with Gasteiger partial charge in [-0.2, -0.15) is 0 Å². The fourth-order valence-corrected chi connectivity index (χ4v) is 3.61. The molecule has 26 heavy (non-hydrogen) atoms. The minimum Gasteiger partial charge on any atom is -0.450 e. The van der Waals surface area contributed by atoms with Crippen molar-refractivity contribution >= 4 is 23.5 Å². The Morgan fingerprint density at radius 2 is 1.88 bits per heavy atom. The van der Waals surface area contributed by atoms with Gasteiger partial charge in [0.1, 0.15) is 11.4 Å². The molecule has 2 amide bonds. The molecule has 0 bridgehead atoms. The van der Waals surface area contributed by atoms with Crippen LogP contribution in [-0.2, 0) is 19.1 Å². The summed E-state index contributed by atoms with van der Waals surface area (Å²) >= 11 is 0. The number of carbonyl (C=O) groups is 3. The molecule has 3 rings (SSSR count). The number of likely N-dealkylation sites (tertiary alicyclic amines) is 1. The smallest absolute Gasteiger partial charge is 0.335 e. The topological polar surface area (TPSA) is 75.7 Å². The average molecular weight is 360 g/mol. The van der Waals surface area contributed by atoms with Crippen molar-refractivity contribution in [1.82, 2.24) is 4.90 Å². The molecule has 2 aliphatic rings. The molecule has 2 heterocycles. The summed E-state index contributed by atoms with van der Waals surface area (Å²) < 4.78 is 18.8. The van der Waals surface area contributed by atoms with Crippen LogP contribution >= 0.6 is 0 Å². The van der Waals surface area contributed by atoms with Gasteiger partial charge in [0.15, 0.2) is 0 Å². The molecule has 1 aromatic carbocycles. The summed E-state index contributed by atoms with van der Waals surface area (Å²) in [5, 5.41) is 2.76. The van der Waals surface area contributed by atoms with Crippen LogP contribution in [-0.4, -0.2) is 41.4 Å². The van der Waals surface area contributed by atoms with Crippen LogP contribution < -0.4 is 5.32 Å². The van der Waals surface area contributed by atoms with Gasteiger partial charge >= 0.3 is 5.97 Å². The van der Waals surface area contributed by atoms with Crippen molar-refractivity contribution in [1.29, 1.82) is 0 Å². The van der Waals surface area contributed by atoms with Crippen LogP contribution in [0.25, 0.3) is 0 Å². The number of anilines is 1. The highest BCUT2D eigenvalue weighted by Crippen LogP contribution is 2.41. The monoisotopic (exact) mass is 360 g/mol. The van der Waals surface area contributed by atoms with Crippen molar-refractivity contribution in [3.8, 4) is 0 Å². The lowest BCUT2D eigenvalue weighted by atomic mass is 9.82. The van der Waals surface area contributed by atoms with E-state index < -0.39 is 17.5 Å². The molecule has 6 nitrogen and oxygen atoms in total. The molecule has 1 N–H and O–H groups in total. The van der Waals surface area contributed by atoms with Crippen molar-refractivity contribution in [3.63, 3.8) is 0 Å². The number of nitrogens with one attached hydrogen (secondary N) is 1. The third-order valence-electron chi connectivity index (χ3n) is 5.11. The zero-order valence-electron chi connectivity index (χ0n) is 15.0. The van der Waals surface area contributed by atoms with E-state index in [1.807, 2.05) is 0 Å². The SMILES string of the molecule is CC(=O)N1CCC2(CC1)OC(=O)C(C)=C2C(=O)Nc1ccc(F)cc1C. The summed E-state index contributed by atoms with van der Waals surface area (Å²) in [5.41, 5.74) is 0.633. The van der Waals surface area contributed by atoms with Gasteiger partial charge in [-0.1, -0.05) is 0 Å². The second-order valence-corrected chi connectivity index (χ2v) is 6.80. The van der Waals surface area contributed by atoms with E-state index in [4.69, 9.17) is 4.74 Å². The number of nitrogens with zero attached hydrogens (tertiary/aromatic N) is 1. The molecule has 1 spiro atoms. The molecule has 0 atom stereocenters.